The van der Waals surface area contributed by atoms with Crippen molar-refractivity contribution < 1.29 is 19.1 Å². The Hall–Kier alpha value is -3.43. The number of hydrazine groups is 1. The first kappa shape index (κ1) is 22.4. The minimum absolute atomic E-state index is 0.142. The Labute approximate surface area is 199 Å². The highest BCUT2D eigenvalue weighted by atomic mass is 16.7. The van der Waals surface area contributed by atoms with Crippen LogP contribution in [0.2, 0.25) is 0 Å². The van der Waals surface area contributed by atoms with Gasteiger partial charge in [0.2, 0.25) is 0 Å². The van der Waals surface area contributed by atoms with Gasteiger partial charge in [0.15, 0.2) is 11.9 Å². The van der Waals surface area contributed by atoms with E-state index in [4.69, 9.17) is 14.3 Å². The molecule has 0 aromatic heterocycles. The Morgan fingerprint density at radius 1 is 1.12 bits per heavy atom. The molecule has 2 aromatic rings. The molecular formula is C25H31N5O4. The smallest absolute Gasteiger partial charge is 0.265 e. The fourth-order valence-electron chi connectivity index (χ4n) is 4.46. The molecule has 1 unspecified atom stereocenters. The molecule has 1 saturated heterocycles. The first-order valence-corrected chi connectivity index (χ1v) is 11.6. The van der Waals surface area contributed by atoms with E-state index < -0.39 is 6.10 Å². The Morgan fingerprint density at radius 2 is 1.88 bits per heavy atom. The van der Waals surface area contributed by atoms with Gasteiger partial charge in [0, 0.05) is 56.1 Å². The highest BCUT2D eigenvalue weighted by Crippen LogP contribution is 2.41. The first-order chi connectivity index (χ1) is 16.5. The zero-order chi connectivity index (χ0) is 23.7. The molecule has 9 nitrogen and oxygen atoms in total. The molecule has 2 N–H and O–H groups in total. The Bertz CT molecular complexity index is 1080. The predicted octanol–water partition coefficient (Wildman–Crippen LogP) is 2.46. The van der Waals surface area contributed by atoms with E-state index in [2.05, 4.69) is 27.8 Å². The highest BCUT2D eigenvalue weighted by Gasteiger charge is 2.31. The summed E-state index contributed by atoms with van der Waals surface area (Å²) in [6.45, 7) is 3.79. The molecule has 3 heterocycles. The van der Waals surface area contributed by atoms with Crippen molar-refractivity contribution in [3.8, 4) is 11.5 Å². The second-order valence-electron chi connectivity index (χ2n) is 8.93. The van der Waals surface area contributed by atoms with Crippen LogP contribution < -0.4 is 25.3 Å². The molecule has 0 bridgehead atoms. The van der Waals surface area contributed by atoms with Crippen molar-refractivity contribution >= 4 is 23.0 Å². The second-order valence-corrected chi connectivity index (χ2v) is 8.93. The van der Waals surface area contributed by atoms with Crippen molar-refractivity contribution in [2.24, 2.45) is 0 Å². The molecule has 0 radical (unpaired) electrons. The number of hydrogen-bond acceptors (Lipinski definition) is 8. The van der Waals surface area contributed by atoms with Gasteiger partial charge in [-0.1, -0.05) is 5.59 Å². The number of anilines is 2. The summed E-state index contributed by atoms with van der Waals surface area (Å²) in [5, 5.41) is 4.73. The average Bonchev–Trinajstić information content (AvgIpc) is 3.30. The molecular weight excluding hydrogens is 434 g/mol. The van der Waals surface area contributed by atoms with E-state index in [1.54, 1.807) is 12.1 Å². The summed E-state index contributed by atoms with van der Waals surface area (Å²) in [5.41, 5.74) is 6.48. The maximum Gasteiger partial charge on any atom is 0.265 e. The molecule has 1 fully saturated rings. The quantitative estimate of drug-likeness (QED) is 0.698. The number of benzene rings is 2. The molecule has 180 valence electrons. The molecule has 1 atom stereocenters. The van der Waals surface area contributed by atoms with E-state index in [1.807, 2.05) is 49.6 Å². The lowest BCUT2D eigenvalue weighted by Gasteiger charge is -2.37. The van der Waals surface area contributed by atoms with Crippen LogP contribution in [0.4, 0.5) is 11.4 Å². The third-order valence-electron chi connectivity index (χ3n) is 6.48. The van der Waals surface area contributed by atoms with E-state index in [1.165, 1.54) is 0 Å². The Morgan fingerprint density at radius 3 is 2.56 bits per heavy atom. The first-order valence-electron chi connectivity index (χ1n) is 11.6. The molecule has 3 aliphatic rings. The summed E-state index contributed by atoms with van der Waals surface area (Å²) >= 11 is 0. The summed E-state index contributed by atoms with van der Waals surface area (Å²) in [5.74, 6) is 2.20. The van der Waals surface area contributed by atoms with Crippen molar-refractivity contribution in [2.45, 2.75) is 18.9 Å². The molecule has 9 heteroatoms. The standard InChI is InChI=1S/C25H31N5O4/c1-28-10-12-30(13-11-28)21-15-20(32-3)14-18-6-9-22(33-24(18)21)25(31)26-19-7-4-17(5-8-19)23-16-29(2)27-34-23/h4-5,7-8,14-16,22,27H,6,9-13H2,1-3H3,(H,26,31). The van der Waals surface area contributed by atoms with Crippen LogP contribution in [0.5, 0.6) is 11.5 Å². The van der Waals surface area contributed by atoms with Crippen LogP contribution in [0.1, 0.15) is 17.5 Å². The van der Waals surface area contributed by atoms with E-state index in [0.29, 0.717) is 6.42 Å². The zero-order valence-electron chi connectivity index (χ0n) is 19.8. The van der Waals surface area contributed by atoms with Crippen molar-refractivity contribution in [3.05, 3.63) is 53.7 Å². The summed E-state index contributed by atoms with van der Waals surface area (Å²) in [4.78, 5) is 23.1. The van der Waals surface area contributed by atoms with Crippen molar-refractivity contribution in [2.75, 3.05) is 57.6 Å². The fourth-order valence-corrected chi connectivity index (χ4v) is 4.46. The number of nitrogens with one attached hydrogen (secondary N) is 2. The monoisotopic (exact) mass is 465 g/mol. The maximum atomic E-state index is 13.1. The van der Waals surface area contributed by atoms with Crippen LogP contribution >= 0.6 is 0 Å². The molecule has 0 aliphatic carbocycles. The Kier molecular flexibility index (Phi) is 6.21. The topological polar surface area (TPSA) is 78.5 Å². The fraction of sp³-hybridized carbons (Fsp3) is 0.400. The van der Waals surface area contributed by atoms with Gasteiger partial charge in [0.05, 0.1) is 19.0 Å². The van der Waals surface area contributed by atoms with Gasteiger partial charge in [-0.25, -0.2) is 0 Å². The molecule has 2 aromatic carbocycles. The number of carbonyl (C=O) groups excluding carboxylic acids is 1. The lowest BCUT2D eigenvalue weighted by Crippen LogP contribution is -2.45. The molecule has 5 rings (SSSR count). The van der Waals surface area contributed by atoms with E-state index in [0.717, 1.165) is 72.4 Å². The summed E-state index contributed by atoms with van der Waals surface area (Å²) in [7, 11) is 5.68. The molecule has 0 saturated carbocycles. The van der Waals surface area contributed by atoms with Gasteiger partial charge in [-0.2, -0.15) is 0 Å². The lowest BCUT2D eigenvalue weighted by molar-refractivity contribution is -0.123. The van der Waals surface area contributed by atoms with E-state index in [9.17, 15) is 4.79 Å². The number of methoxy groups -OCH3 is 1. The second kappa shape index (κ2) is 9.44. The Balaban J connectivity index is 1.30. The normalized spacial score (nSPS) is 20.2. The summed E-state index contributed by atoms with van der Waals surface area (Å²) < 4.78 is 11.9. The molecule has 1 amide bonds. The van der Waals surface area contributed by atoms with Crippen molar-refractivity contribution in [3.63, 3.8) is 0 Å². The van der Waals surface area contributed by atoms with Crippen molar-refractivity contribution in [1.82, 2.24) is 15.5 Å². The highest BCUT2D eigenvalue weighted by molar-refractivity contribution is 5.95. The van der Waals surface area contributed by atoms with Crippen LogP contribution in [0.25, 0.3) is 5.76 Å². The minimum atomic E-state index is -0.550. The van der Waals surface area contributed by atoms with Gasteiger partial charge in [0.25, 0.3) is 5.91 Å². The maximum absolute atomic E-state index is 13.1. The van der Waals surface area contributed by atoms with E-state index in [-0.39, 0.29) is 5.91 Å². The van der Waals surface area contributed by atoms with Crippen LogP contribution in [-0.2, 0) is 16.1 Å². The number of ether oxygens (including phenoxy) is 2. The number of hydrogen-bond donors (Lipinski definition) is 2. The van der Waals surface area contributed by atoms with E-state index >= 15 is 0 Å². The summed E-state index contributed by atoms with van der Waals surface area (Å²) in [6, 6.07) is 11.6. The SMILES string of the molecule is COc1cc2c(c(N3CCN(C)CC3)c1)OC(C(=O)Nc1ccc(C3=CN(C)NO3)cc1)CC2. The minimum Gasteiger partial charge on any atom is -0.497 e. The number of aryl methyl sites for hydroxylation is 1. The van der Waals surface area contributed by atoms with Crippen LogP contribution in [0.3, 0.4) is 0 Å². The van der Waals surface area contributed by atoms with Gasteiger partial charge in [0.1, 0.15) is 11.5 Å². The molecule has 3 aliphatic heterocycles. The number of fused-ring (bicyclic) bond motifs is 1. The third kappa shape index (κ3) is 4.62. The van der Waals surface area contributed by atoms with Gasteiger partial charge in [-0.3, -0.25) is 9.80 Å². The lowest BCUT2D eigenvalue weighted by atomic mass is 9.99. The number of carbonyl (C=O) groups is 1. The number of nitrogens with zero attached hydrogens (tertiary/aromatic N) is 3. The number of likely N-dealkylation sites (N-methyl/N-ethyl adjacent to an activating group) is 1. The van der Waals surface area contributed by atoms with Crippen LogP contribution in [0, 0.1) is 0 Å². The van der Waals surface area contributed by atoms with Gasteiger partial charge in [-0.15, -0.1) is 0 Å². The van der Waals surface area contributed by atoms with Crippen LogP contribution in [0.15, 0.2) is 42.6 Å². The predicted molar refractivity (Wildman–Crippen MR) is 130 cm³/mol. The number of rotatable bonds is 5. The molecule has 0 spiro atoms. The zero-order valence-corrected chi connectivity index (χ0v) is 19.8. The number of piperazine rings is 1. The molecule has 34 heavy (non-hydrogen) atoms. The van der Waals surface area contributed by atoms with Gasteiger partial charge in [-0.05, 0) is 50.2 Å². The van der Waals surface area contributed by atoms with Crippen LogP contribution in [-0.4, -0.2) is 69.3 Å². The van der Waals surface area contributed by atoms with Gasteiger partial charge < -0.3 is 29.4 Å². The number of amides is 1. The van der Waals surface area contributed by atoms with Gasteiger partial charge >= 0.3 is 0 Å². The largest absolute Gasteiger partial charge is 0.497 e. The van der Waals surface area contributed by atoms with Crippen molar-refractivity contribution in [1.29, 1.82) is 0 Å². The summed E-state index contributed by atoms with van der Waals surface area (Å²) in [6.07, 6.45) is 2.68. The average molecular weight is 466 g/mol. The third-order valence-corrected chi connectivity index (χ3v) is 6.48.